The van der Waals surface area contributed by atoms with Gasteiger partial charge >= 0.3 is 0 Å². The zero-order valence-electron chi connectivity index (χ0n) is 6.11. The number of aliphatic imine (C=N–C) groups is 1. The second-order valence-corrected chi connectivity index (χ2v) is 3.42. The molecule has 2 aromatic rings. The first-order valence-electron chi connectivity index (χ1n) is 3.60. The fraction of sp³-hybridized carbons (Fsp3) is 0. The summed E-state index contributed by atoms with van der Waals surface area (Å²) in [6.07, 6.45) is 3.50. The maximum absolute atomic E-state index is 4.25. The number of hydrogen-bond acceptors (Lipinski definition) is 4. The van der Waals surface area contributed by atoms with Gasteiger partial charge in [0.05, 0.1) is 23.1 Å². The van der Waals surface area contributed by atoms with Gasteiger partial charge in [0, 0.05) is 11.6 Å². The molecular weight excluding hydrogens is 170 g/mol. The van der Waals surface area contributed by atoms with Crippen molar-refractivity contribution < 1.29 is 0 Å². The van der Waals surface area contributed by atoms with Gasteiger partial charge < -0.3 is 5.32 Å². The Labute approximate surface area is 72.8 Å². The molecule has 0 spiro atoms. The van der Waals surface area contributed by atoms with Gasteiger partial charge in [0.15, 0.2) is 0 Å². The van der Waals surface area contributed by atoms with Crippen LogP contribution in [0.3, 0.4) is 0 Å². The Morgan fingerprint density at radius 3 is 3.42 bits per heavy atom. The van der Waals surface area contributed by atoms with Gasteiger partial charge in [0.25, 0.3) is 0 Å². The largest absolute Gasteiger partial charge is 0.345 e. The van der Waals surface area contributed by atoms with Crippen molar-refractivity contribution in [3.63, 3.8) is 0 Å². The van der Waals surface area contributed by atoms with Crippen molar-refractivity contribution in [2.75, 3.05) is 5.32 Å². The van der Waals surface area contributed by atoms with Gasteiger partial charge in [-0.3, -0.25) is 0 Å². The molecule has 3 nitrogen and oxygen atoms in total. The number of anilines is 1. The van der Waals surface area contributed by atoms with E-state index >= 15 is 0 Å². The van der Waals surface area contributed by atoms with E-state index in [0.717, 1.165) is 21.6 Å². The van der Waals surface area contributed by atoms with Crippen molar-refractivity contribution in [3.05, 3.63) is 17.6 Å². The maximum Gasteiger partial charge on any atom is 0.127 e. The number of pyridine rings is 1. The molecule has 0 aromatic carbocycles. The number of hydrogen-bond donors (Lipinski definition) is 1. The molecule has 1 aliphatic heterocycles. The van der Waals surface area contributed by atoms with Crippen LogP contribution in [0.1, 0.15) is 0 Å². The van der Waals surface area contributed by atoms with Crippen molar-refractivity contribution in [3.8, 4) is 0 Å². The van der Waals surface area contributed by atoms with Crippen LogP contribution in [0.4, 0.5) is 11.4 Å². The normalized spacial score (nSPS) is 13.3. The van der Waals surface area contributed by atoms with E-state index in [1.54, 1.807) is 23.9 Å². The highest BCUT2D eigenvalue weighted by Gasteiger charge is 2.10. The summed E-state index contributed by atoms with van der Waals surface area (Å²) in [5.41, 5.74) is 2.13. The molecule has 3 heterocycles. The maximum atomic E-state index is 4.25. The highest BCUT2D eigenvalue weighted by Crippen LogP contribution is 2.37. The van der Waals surface area contributed by atoms with Gasteiger partial charge in [0.1, 0.15) is 4.83 Å². The van der Waals surface area contributed by atoms with Crippen LogP contribution in [0.2, 0.25) is 0 Å². The highest BCUT2D eigenvalue weighted by molar-refractivity contribution is 7.17. The number of thiophene rings is 1. The Kier molecular flexibility index (Phi) is 1.04. The Morgan fingerprint density at radius 1 is 1.42 bits per heavy atom. The van der Waals surface area contributed by atoms with E-state index in [2.05, 4.69) is 20.7 Å². The van der Waals surface area contributed by atoms with Crippen LogP contribution in [-0.4, -0.2) is 11.3 Å². The Morgan fingerprint density at radius 2 is 2.42 bits per heavy atom. The molecule has 0 atom stereocenters. The molecule has 0 bridgehead atoms. The summed E-state index contributed by atoms with van der Waals surface area (Å²) in [6, 6.07) is 1.93. The first-order chi connectivity index (χ1) is 5.95. The Hall–Kier alpha value is -1.42. The average molecular weight is 175 g/mol. The number of nitrogens with one attached hydrogen (secondary N) is 1. The lowest BCUT2D eigenvalue weighted by molar-refractivity contribution is 1.41. The summed E-state index contributed by atoms with van der Waals surface area (Å²) in [5.74, 6) is 0. The molecule has 1 aliphatic rings. The van der Waals surface area contributed by atoms with Crippen LogP contribution >= 0.6 is 11.3 Å². The SMILES string of the molecule is C1=Nc2ccnc3scc(c23)N1. The quantitative estimate of drug-likeness (QED) is 0.667. The molecule has 4 heteroatoms. The summed E-state index contributed by atoms with van der Waals surface area (Å²) < 4.78 is 0. The minimum Gasteiger partial charge on any atom is -0.345 e. The lowest BCUT2D eigenvalue weighted by Crippen LogP contribution is -1.96. The van der Waals surface area contributed by atoms with E-state index in [1.165, 1.54) is 0 Å². The number of rotatable bonds is 0. The van der Waals surface area contributed by atoms with Crippen LogP contribution in [-0.2, 0) is 0 Å². The van der Waals surface area contributed by atoms with E-state index in [0.29, 0.717) is 0 Å². The number of aromatic nitrogens is 1. The fourth-order valence-electron chi connectivity index (χ4n) is 1.33. The van der Waals surface area contributed by atoms with Gasteiger partial charge in [-0.05, 0) is 6.07 Å². The summed E-state index contributed by atoms with van der Waals surface area (Å²) in [5, 5.41) is 6.29. The molecule has 0 saturated heterocycles. The van der Waals surface area contributed by atoms with Gasteiger partial charge in [-0.15, -0.1) is 11.3 Å². The van der Waals surface area contributed by atoms with E-state index in [-0.39, 0.29) is 0 Å². The van der Waals surface area contributed by atoms with Crippen LogP contribution in [0, 0.1) is 0 Å². The zero-order chi connectivity index (χ0) is 7.97. The topological polar surface area (TPSA) is 37.3 Å². The Bertz CT molecular complexity index is 472. The third-order valence-corrected chi connectivity index (χ3v) is 2.76. The molecule has 0 saturated carbocycles. The third kappa shape index (κ3) is 0.648. The lowest BCUT2D eigenvalue weighted by atomic mass is 10.2. The van der Waals surface area contributed by atoms with E-state index < -0.39 is 0 Å². The predicted octanol–water partition coefficient (Wildman–Crippen LogP) is 2.38. The van der Waals surface area contributed by atoms with Crippen molar-refractivity contribution in [2.45, 2.75) is 0 Å². The van der Waals surface area contributed by atoms with Crippen molar-refractivity contribution in [2.24, 2.45) is 4.99 Å². The van der Waals surface area contributed by atoms with Crippen LogP contribution in [0.5, 0.6) is 0 Å². The summed E-state index contributed by atoms with van der Waals surface area (Å²) in [4.78, 5) is 9.51. The molecule has 2 aromatic heterocycles. The van der Waals surface area contributed by atoms with Crippen molar-refractivity contribution in [1.29, 1.82) is 0 Å². The minimum atomic E-state index is 1.01. The fourth-order valence-corrected chi connectivity index (χ4v) is 2.20. The molecule has 0 aliphatic carbocycles. The molecule has 3 rings (SSSR count). The second kappa shape index (κ2) is 2.04. The monoisotopic (exact) mass is 175 g/mol. The Balaban J connectivity index is 2.57. The van der Waals surface area contributed by atoms with Gasteiger partial charge in [-0.25, -0.2) is 9.98 Å². The van der Waals surface area contributed by atoms with E-state index in [9.17, 15) is 0 Å². The minimum absolute atomic E-state index is 1.01. The molecule has 0 unspecified atom stereocenters. The molecular formula is C8H5N3S. The van der Waals surface area contributed by atoms with E-state index in [4.69, 9.17) is 0 Å². The van der Waals surface area contributed by atoms with Crippen LogP contribution < -0.4 is 5.32 Å². The molecule has 0 amide bonds. The zero-order valence-corrected chi connectivity index (χ0v) is 6.93. The molecule has 12 heavy (non-hydrogen) atoms. The lowest BCUT2D eigenvalue weighted by Gasteiger charge is -2.05. The smallest absolute Gasteiger partial charge is 0.127 e. The summed E-state index contributed by atoms with van der Waals surface area (Å²) >= 11 is 1.64. The first kappa shape index (κ1) is 6.14. The number of nitrogens with zero attached hydrogens (tertiary/aromatic N) is 2. The second-order valence-electron chi connectivity index (χ2n) is 2.56. The molecule has 1 N–H and O–H groups in total. The van der Waals surface area contributed by atoms with Crippen LogP contribution in [0.15, 0.2) is 22.6 Å². The van der Waals surface area contributed by atoms with E-state index in [1.807, 2.05) is 6.07 Å². The van der Waals surface area contributed by atoms with Crippen LogP contribution in [0.25, 0.3) is 10.2 Å². The molecule has 58 valence electrons. The first-order valence-corrected chi connectivity index (χ1v) is 4.48. The van der Waals surface area contributed by atoms with Gasteiger partial charge in [-0.2, -0.15) is 0 Å². The average Bonchev–Trinajstić information content (AvgIpc) is 2.52. The van der Waals surface area contributed by atoms with Gasteiger partial charge in [-0.1, -0.05) is 0 Å². The van der Waals surface area contributed by atoms with Crippen molar-refractivity contribution in [1.82, 2.24) is 4.98 Å². The predicted molar refractivity (Wildman–Crippen MR) is 51.4 cm³/mol. The standard InChI is InChI=1S/C8H5N3S/c1-2-9-8-7-5(1)10-4-11-6(7)3-12-8/h1-4H,(H,10,11). The highest BCUT2D eigenvalue weighted by atomic mass is 32.1. The van der Waals surface area contributed by atoms with Gasteiger partial charge in [0.2, 0.25) is 0 Å². The molecule has 0 radical (unpaired) electrons. The summed E-state index contributed by atoms with van der Waals surface area (Å²) in [6.45, 7) is 0. The van der Waals surface area contributed by atoms with Crippen molar-refractivity contribution >= 4 is 39.3 Å². The molecule has 0 fully saturated rings. The third-order valence-electron chi connectivity index (χ3n) is 1.88. The summed E-state index contributed by atoms with van der Waals surface area (Å²) in [7, 11) is 0.